The topological polar surface area (TPSA) is 239 Å². The molecule has 5 atom stereocenters. The fraction of sp³-hybridized carbons (Fsp3) is 0.806. The van der Waals surface area contributed by atoms with Crippen LogP contribution in [0.25, 0.3) is 0 Å². The van der Waals surface area contributed by atoms with Gasteiger partial charge in [-0.1, -0.05) is 20.3 Å². The molecule has 1 aliphatic heterocycles. The molecule has 1 heterocycles. The minimum atomic E-state index is -0.940. The van der Waals surface area contributed by atoms with Gasteiger partial charge in [-0.2, -0.15) is 0 Å². The number of nitrogens with zero attached hydrogens (tertiary/aromatic N) is 2. The molecule has 1 fully saturated rings. The molecule has 46 heavy (non-hydrogen) atoms. The number of guanidine groups is 1. The summed E-state index contributed by atoms with van der Waals surface area (Å²) < 4.78 is 0. The highest BCUT2D eigenvalue weighted by atomic mass is 16.2. The molecule has 1 aliphatic rings. The number of nitrogens with one attached hydrogen (secondary N) is 5. The van der Waals surface area contributed by atoms with Crippen molar-refractivity contribution in [1.82, 2.24) is 31.5 Å². The normalized spacial score (nSPS) is 17.0. The second-order valence-electron chi connectivity index (χ2n) is 12.3. The van der Waals surface area contributed by atoms with E-state index in [0.29, 0.717) is 77.0 Å². The van der Waals surface area contributed by atoms with E-state index >= 15 is 0 Å². The summed E-state index contributed by atoms with van der Waals surface area (Å²) in [5.74, 6) is -1.69. The molecule has 0 unspecified atom stereocenters. The average Bonchev–Trinajstić information content (AvgIpc) is 3.49. The molecule has 0 spiro atoms. The van der Waals surface area contributed by atoms with Gasteiger partial charge in [-0.15, -0.1) is 0 Å². The van der Waals surface area contributed by atoms with Gasteiger partial charge in [0.15, 0.2) is 5.96 Å². The van der Waals surface area contributed by atoms with Crippen molar-refractivity contribution in [2.24, 2.45) is 28.1 Å². The molecule has 1 rings (SSSR count). The molecular weight excluding hydrogens is 592 g/mol. The third-order valence-corrected chi connectivity index (χ3v) is 7.74. The second kappa shape index (κ2) is 22.1. The van der Waals surface area contributed by atoms with E-state index in [-0.39, 0.29) is 5.92 Å². The zero-order valence-electron chi connectivity index (χ0n) is 28.5. The number of likely N-dealkylation sites (tertiary alicyclic amines) is 1. The highest BCUT2D eigenvalue weighted by molar-refractivity contribution is 5.96. The molecule has 0 saturated carbocycles. The second-order valence-corrected chi connectivity index (χ2v) is 12.3. The first kappa shape index (κ1) is 40.6. The predicted octanol–water partition coefficient (Wildman–Crippen LogP) is -0.815. The summed E-state index contributed by atoms with van der Waals surface area (Å²) in [5.41, 5.74) is 17.0. The zero-order chi connectivity index (χ0) is 34.6. The van der Waals surface area contributed by atoms with E-state index in [2.05, 4.69) is 31.6 Å². The third-order valence-electron chi connectivity index (χ3n) is 7.74. The number of nitrogens with two attached hydrogens (primary N) is 3. The Labute approximate surface area is 274 Å². The average molecular weight is 653 g/mol. The lowest BCUT2D eigenvalue weighted by Crippen LogP contribution is -2.58. The molecule has 0 aliphatic carbocycles. The summed E-state index contributed by atoms with van der Waals surface area (Å²) in [4.78, 5) is 71.0. The van der Waals surface area contributed by atoms with Crippen LogP contribution in [-0.4, -0.2) is 103 Å². The van der Waals surface area contributed by atoms with E-state index in [4.69, 9.17) is 17.2 Å². The van der Waals surface area contributed by atoms with Gasteiger partial charge in [0.1, 0.15) is 24.2 Å². The Bertz CT molecular complexity index is 1000. The standard InChI is InChI=1S/C31H60N10O5/c1-6-35-31(36-7-2)37-17-11-9-14-23(30(46)41-18-12-15-25(41)29(45)38-21(5)26(34)42)39-28(44)24(19-20(3)4)40-27(43)22(33)13-8-10-16-32/h20-25H,6-19,32-33H2,1-5H3,(H2,34,42)(H,38,45)(H,39,44)(H,40,43)(H2,35,36,37)/t21-,22-,23+,24+,25+/m1/s1. The Morgan fingerprint density at radius 1 is 0.870 bits per heavy atom. The fourth-order valence-corrected chi connectivity index (χ4v) is 5.20. The molecule has 264 valence electrons. The predicted molar refractivity (Wildman–Crippen MR) is 179 cm³/mol. The van der Waals surface area contributed by atoms with Crippen molar-refractivity contribution in [2.45, 2.75) is 123 Å². The zero-order valence-corrected chi connectivity index (χ0v) is 28.5. The molecule has 1 saturated heterocycles. The highest BCUT2D eigenvalue weighted by Gasteiger charge is 2.39. The van der Waals surface area contributed by atoms with Gasteiger partial charge in [0, 0.05) is 26.2 Å². The van der Waals surface area contributed by atoms with E-state index < -0.39 is 59.7 Å². The van der Waals surface area contributed by atoms with Gasteiger partial charge in [-0.3, -0.25) is 29.0 Å². The first-order chi connectivity index (χ1) is 21.9. The minimum absolute atomic E-state index is 0.0677. The van der Waals surface area contributed by atoms with E-state index in [1.165, 1.54) is 11.8 Å². The summed E-state index contributed by atoms with van der Waals surface area (Å²) in [7, 11) is 0. The van der Waals surface area contributed by atoms with Crippen LogP contribution in [0.5, 0.6) is 0 Å². The van der Waals surface area contributed by atoms with Crippen molar-refractivity contribution in [1.29, 1.82) is 0 Å². The number of amides is 5. The lowest BCUT2D eigenvalue weighted by atomic mass is 10.0. The molecular formula is C31H60N10O5. The Kier molecular flexibility index (Phi) is 19.5. The van der Waals surface area contributed by atoms with Crippen LogP contribution in [0.4, 0.5) is 0 Å². The number of aliphatic imine (C=N–C) groups is 1. The number of hydrogen-bond donors (Lipinski definition) is 8. The van der Waals surface area contributed by atoms with Crippen LogP contribution in [0.3, 0.4) is 0 Å². The number of primary amides is 1. The van der Waals surface area contributed by atoms with Crippen molar-refractivity contribution < 1.29 is 24.0 Å². The van der Waals surface area contributed by atoms with Gasteiger partial charge < -0.3 is 48.7 Å². The van der Waals surface area contributed by atoms with Crippen LogP contribution in [-0.2, 0) is 24.0 Å². The van der Waals surface area contributed by atoms with Crippen molar-refractivity contribution in [3.8, 4) is 0 Å². The van der Waals surface area contributed by atoms with Gasteiger partial charge >= 0.3 is 0 Å². The number of carbonyl (C=O) groups is 5. The lowest BCUT2D eigenvalue weighted by molar-refractivity contribution is -0.142. The van der Waals surface area contributed by atoms with Crippen LogP contribution in [0.2, 0.25) is 0 Å². The summed E-state index contributed by atoms with van der Waals surface area (Å²) in [5, 5.41) is 14.6. The van der Waals surface area contributed by atoms with Gasteiger partial charge in [0.05, 0.1) is 6.04 Å². The fourth-order valence-electron chi connectivity index (χ4n) is 5.20. The first-order valence-electron chi connectivity index (χ1n) is 16.8. The molecule has 5 amide bonds. The maximum absolute atomic E-state index is 14.0. The van der Waals surface area contributed by atoms with Crippen molar-refractivity contribution in [3.05, 3.63) is 0 Å². The van der Waals surface area contributed by atoms with Crippen LogP contribution in [0.15, 0.2) is 4.99 Å². The first-order valence-corrected chi connectivity index (χ1v) is 16.8. The molecule has 0 bridgehead atoms. The number of rotatable bonds is 21. The lowest BCUT2D eigenvalue weighted by Gasteiger charge is -2.30. The van der Waals surface area contributed by atoms with Crippen LogP contribution in [0.1, 0.15) is 92.4 Å². The van der Waals surface area contributed by atoms with E-state index in [9.17, 15) is 24.0 Å². The number of unbranched alkanes of at least 4 members (excludes halogenated alkanes) is 2. The van der Waals surface area contributed by atoms with Crippen molar-refractivity contribution in [3.63, 3.8) is 0 Å². The largest absolute Gasteiger partial charge is 0.368 e. The van der Waals surface area contributed by atoms with Gasteiger partial charge in [-0.25, -0.2) is 0 Å². The summed E-state index contributed by atoms with van der Waals surface area (Å²) in [6, 6.07) is -4.31. The molecule has 15 heteroatoms. The maximum Gasteiger partial charge on any atom is 0.245 e. The minimum Gasteiger partial charge on any atom is -0.368 e. The molecule has 0 aromatic carbocycles. The number of carbonyl (C=O) groups excluding carboxylic acids is 5. The Balaban J connectivity index is 3.13. The Morgan fingerprint density at radius 3 is 2.09 bits per heavy atom. The molecule has 15 nitrogen and oxygen atoms in total. The summed E-state index contributed by atoms with van der Waals surface area (Å²) in [6.07, 6.45) is 4.78. The molecule has 0 aromatic rings. The highest BCUT2D eigenvalue weighted by Crippen LogP contribution is 2.20. The van der Waals surface area contributed by atoms with Gasteiger partial charge in [0.25, 0.3) is 0 Å². The number of hydrogen-bond acceptors (Lipinski definition) is 8. The monoisotopic (exact) mass is 652 g/mol. The smallest absolute Gasteiger partial charge is 0.245 e. The van der Waals surface area contributed by atoms with Gasteiger partial charge in [-0.05, 0) is 84.6 Å². The van der Waals surface area contributed by atoms with Crippen LogP contribution in [0, 0.1) is 5.92 Å². The Hall–Kier alpha value is -3.46. The van der Waals surface area contributed by atoms with Crippen molar-refractivity contribution >= 4 is 35.5 Å². The van der Waals surface area contributed by atoms with E-state index in [1.54, 1.807) is 0 Å². The third kappa shape index (κ3) is 14.8. The van der Waals surface area contributed by atoms with Crippen LogP contribution < -0.4 is 43.8 Å². The molecule has 0 radical (unpaired) electrons. The maximum atomic E-state index is 14.0. The van der Waals surface area contributed by atoms with Crippen LogP contribution >= 0.6 is 0 Å². The van der Waals surface area contributed by atoms with Gasteiger partial charge in [0.2, 0.25) is 29.5 Å². The molecule has 11 N–H and O–H groups in total. The SMILES string of the molecule is CCNC(=NCCCC[C@H](NC(=O)[C@H](CC(C)C)NC(=O)[C@H](N)CCCCN)C(=O)N1CCC[C@H]1C(=O)N[C@H](C)C(N)=O)NCC. The summed E-state index contributed by atoms with van der Waals surface area (Å²) >= 11 is 0. The quantitative estimate of drug-likeness (QED) is 0.0439. The van der Waals surface area contributed by atoms with E-state index in [0.717, 1.165) is 19.5 Å². The Morgan fingerprint density at radius 2 is 1.50 bits per heavy atom. The van der Waals surface area contributed by atoms with Crippen molar-refractivity contribution in [2.75, 3.05) is 32.7 Å². The molecule has 0 aromatic heterocycles. The van der Waals surface area contributed by atoms with E-state index in [1.807, 2.05) is 27.7 Å². The summed E-state index contributed by atoms with van der Waals surface area (Å²) in [6.45, 7) is 12.1.